The molecule has 0 saturated heterocycles. The predicted octanol–water partition coefficient (Wildman–Crippen LogP) is 3.77. The molecule has 1 atom stereocenters. The molecule has 1 aliphatic rings. The normalized spacial score (nSPS) is 17.2. The van der Waals surface area contributed by atoms with Crippen LogP contribution in [-0.4, -0.2) is 9.66 Å². The number of fused-ring (bicyclic) bond motifs is 2. The Bertz CT molecular complexity index is 643. The standard InChI is InChI=1S/C13H8Cl2O2S/c14-9-6-10(16)13-8(12(9)15)5-7-3-1-2-4-11(7)18(13)17/h1-4,6,16H,5H2. The number of rotatable bonds is 0. The molecule has 5 heteroatoms. The van der Waals surface area contributed by atoms with Gasteiger partial charge in [-0.1, -0.05) is 41.4 Å². The fourth-order valence-corrected chi connectivity index (χ4v) is 4.08. The number of phenolic OH excluding ortho intramolecular Hbond substituents is 1. The number of benzene rings is 2. The second-order valence-electron chi connectivity index (χ2n) is 4.05. The van der Waals surface area contributed by atoms with Crippen LogP contribution in [0.4, 0.5) is 0 Å². The lowest BCUT2D eigenvalue weighted by Crippen LogP contribution is -2.15. The largest absolute Gasteiger partial charge is 0.606 e. The molecule has 0 spiro atoms. The zero-order chi connectivity index (χ0) is 12.9. The minimum Gasteiger partial charge on any atom is -0.606 e. The fourth-order valence-electron chi connectivity index (χ4n) is 2.14. The number of hydrogen-bond donors (Lipinski definition) is 1. The topological polar surface area (TPSA) is 43.3 Å². The van der Waals surface area contributed by atoms with Crippen LogP contribution in [0.1, 0.15) is 11.1 Å². The average Bonchev–Trinajstić information content (AvgIpc) is 2.36. The van der Waals surface area contributed by atoms with Crippen LogP contribution in [0.15, 0.2) is 40.1 Å². The average molecular weight is 299 g/mol. The summed E-state index contributed by atoms with van der Waals surface area (Å²) in [5.74, 6) is -0.0627. The highest BCUT2D eigenvalue weighted by Crippen LogP contribution is 2.44. The Balaban J connectivity index is 2.28. The number of phenols is 1. The van der Waals surface area contributed by atoms with Gasteiger partial charge < -0.3 is 9.66 Å². The smallest absolute Gasteiger partial charge is 0.205 e. The molecule has 2 aromatic carbocycles. The van der Waals surface area contributed by atoms with Crippen LogP contribution in [0.2, 0.25) is 10.0 Å². The van der Waals surface area contributed by atoms with Crippen LogP contribution in [0.3, 0.4) is 0 Å². The van der Waals surface area contributed by atoms with E-state index in [2.05, 4.69) is 0 Å². The van der Waals surface area contributed by atoms with Gasteiger partial charge in [-0.15, -0.1) is 0 Å². The van der Waals surface area contributed by atoms with E-state index >= 15 is 0 Å². The molecule has 0 amide bonds. The Hall–Kier alpha value is -0.870. The second-order valence-corrected chi connectivity index (χ2v) is 6.22. The van der Waals surface area contributed by atoms with Crippen LogP contribution in [0, 0.1) is 0 Å². The van der Waals surface area contributed by atoms with E-state index in [9.17, 15) is 9.66 Å². The van der Waals surface area contributed by atoms with Gasteiger partial charge in [0.1, 0.15) is 0 Å². The lowest BCUT2D eigenvalue weighted by Gasteiger charge is -2.23. The van der Waals surface area contributed by atoms with Crippen LogP contribution in [-0.2, 0) is 17.6 Å². The molecule has 1 unspecified atom stereocenters. The maximum Gasteiger partial charge on any atom is 0.205 e. The first kappa shape index (κ1) is 12.2. The van der Waals surface area contributed by atoms with Crippen molar-refractivity contribution < 1.29 is 9.66 Å². The van der Waals surface area contributed by atoms with Crippen molar-refractivity contribution in [2.45, 2.75) is 16.2 Å². The summed E-state index contributed by atoms with van der Waals surface area (Å²) in [4.78, 5) is 1.10. The highest BCUT2D eigenvalue weighted by Gasteiger charge is 2.33. The zero-order valence-corrected chi connectivity index (χ0v) is 11.4. The molecule has 1 N–H and O–H groups in total. The van der Waals surface area contributed by atoms with Crippen LogP contribution >= 0.6 is 23.2 Å². The molecular formula is C13H8Cl2O2S. The number of hydrogen-bond acceptors (Lipinski definition) is 2. The maximum atomic E-state index is 12.4. The van der Waals surface area contributed by atoms with Gasteiger partial charge >= 0.3 is 0 Å². The van der Waals surface area contributed by atoms with Crippen molar-refractivity contribution in [2.75, 3.05) is 0 Å². The number of aromatic hydroxyl groups is 1. The van der Waals surface area contributed by atoms with E-state index in [0.717, 1.165) is 10.5 Å². The predicted molar refractivity (Wildman–Crippen MR) is 72.0 cm³/mol. The van der Waals surface area contributed by atoms with Crippen LogP contribution < -0.4 is 0 Å². The monoisotopic (exact) mass is 298 g/mol. The van der Waals surface area contributed by atoms with Crippen molar-refractivity contribution in [2.24, 2.45) is 0 Å². The SMILES string of the molecule is [O-][S+]1c2ccccc2Cc2c(Cl)c(Cl)cc(O)c21. The van der Waals surface area contributed by atoms with Gasteiger partial charge in [-0.2, -0.15) is 0 Å². The Kier molecular flexibility index (Phi) is 2.94. The Morgan fingerprint density at radius 1 is 1.22 bits per heavy atom. The van der Waals surface area contributed by atoms with Gasteiger partial charge in [-0.3, -0.25) is 0 Å². The number of halogens is 2. The van der Waals surface area contributed by atoms with Crippen molar-refractivity contribution in [1.29, 1.82) is 0 Å². The van der Waals surface area contributed by atoms with E-state index in [1.165, 1.54) is 6.07 Å². The first-order chi connectivity index (χ1) is 8.59. The van der Waals surface area contributed by atoms with Crippen molar-refractivity contribution in [3.63, 3.8) is 0 Å². The summed E-state index contributed by atoms with van der Waals surface area (Å²) < 4.78 is 12.4. The van der Waals surface area contributed by atoms with E-state index in [4.69, 9.17) is 23.2 Å². The zero-order valence-electron chi connectivity index (χ0n) is 9.11. The lowest BCUT2D eigenvalue weighted by atomic mass is 10.0. The summed E-state index contributed by atoms with van der Waals surface area (Å²) in [6.07, 6.45) is 0.532. The summed E-state index contributed by atoms with van der Waals surface area (Å²) in [5, 5.41) is 10.6. The van der Waals surface area contributed by atoms with Gasteiger partial charge in [-0.25, -0.2) is 0 Å². The Morgan fingerprint density at radius 2 is 1.94 bits per heavy atom. The maximum absolute atomic E-state index is 12.4. The van der Waals surface area contributed by atoms with E-state index in [1.807, 2.05) is 18.2 Å². The van der Waals surface area contributed by atoms with E-state index in [1.54, 1.807) is 6.07 Å². The van der Waals surface area contributed by atoms with Crippen LogP contribution in [0.25, 0.3) is 0 Å². The highest BCUT2D eigenvalue weighted by atomic mass is 35.5. The summed E-state index contributed by atoms with van der Waals surface area (Å²) >= 11 is 10.7. The summed E-state index contributed by atoms with van der Waals surface area (Å²) in [6.45, 7) is 0. The molecule has 1 heterocycles. The van der Waals surface area contributed by atoms with Crippen LogP contribution in [0.5, 0.6) is 5.75 Å². The minimum absolute atomic E-state index is 0.0627. The van der Waals surface area contributed by atoms with E-state index in [-0.39, 0.29) is 10.8 Å². The van der Waals surface area contributed by atoms with Gasteiger partial charge in [-0.05, 0) is 6.07 Å². The third-order valence-electron chi connectivity index (χ3n) is 2.97. The van der Waals surface area contributed by atoms with E-state index in [0.29, 0.717) is 21.9 Å². The van der Waals surface area contributed by atoms with E-state index < -0.39 is 11.2 Å². The van der Waals surface area contributed by atoms with Gasteiger partial charge in [0.05, 0.1) is 10.0 Å². The van der Waals surface area contributed by atoms with Gasteiger partial charge in [0.2, 0.25) is 4.90 Å². The van der Waals surface area contributed by atoms with Gasteiger partial charge in [0, 0.05) is 34.8 Å². The molecule has 92 valence electrons. The van der Waals surface area contributed by atoms with Crippen molar-refractivity contribution in [1.82, 2.24) is 0 Å². The first-order valence-corrected chi connectivity index (χ1v) is 7.19. The molecule has 3 rings (SSSR count). The van der Waals surface area contributed by atoms with Gasteiger partial charge in [0.25, 0.3) is 0 Å². The Morgan fingerprint density at radius 3 is 2.72 bits per heavy atom. The molecule has 2 nitrogen and oxygen atoms in total. The molecule has 18 heavy (non-hydrogen) atoms. The quantitative estimate of drug-likeness (QED) is 0.752. The van der Waals surface area contributed by atoms with Crippen molar-refractivity contribution in [3.8, 4) is 5.75 Å². The summed E-state index contributed by atoms with van der Waals surface area (Å²) in [6, 6.07) is 8.77. The summed E-state index contributed by atoms with van der Waals surface area (Å²) in [5.41, 5.74) is 1.60. The third kappa shape index (κ3) is 1.70. The fraction of sp³-hybridized carbons (Fsp3) is 0.0769. The molecule has 0 saturated carbocycles. The molecule has 1 aliphatic heterocycles. The molecule has 0 fully saturated rings. The highest BCUT2D eigenvalue weighted by molar-refractivity contribution is 7.91. The minimum atomic E-state index is -1.41. The molecule has 0 aliphatic carbocycles. The molecular weight excluding hydrogens is 291 g/mol. The second kappa shape index (κ2) is 4.35. The molecule has 0 radical (unpaired) electrons. The van der Waals surface area contributed by atoms with Crippen molar-refractivity contribution >= 4 is 34.4 Å². The van der Waals surface area contributed by atoms with Crippen molar-refractivity contribution in [3.05, 3.63) is 51.5 Å². The first-order valence-electron chi connectivity index (χ1n) is 5.29. The lowest BCUT2D eigenvalue weighted by molar-refractivity contribution is 0.456. The van der Waals surface area contributed by atoms with Gasteiger partial charge in [0.15, 0.2) is 10.6 Å². The molecule has 0 bridgehead atoms. The molecule has 0 aromatic heterocycles. The Labute approximate surface area is 117 Å². The third-order valence-corrected chi connectivity index (χ3v) is 5.42. The summed E-state index contributed by atoms with van der Waals surface area (Å²) in [7, 11) is 0. The molecule has 2 aromatic rings.